The standard InChI is InChI=1S/C22H26ClN3O2S/c23-22-8-12-5-13(9-22)7-21(6-12,11-22)20(27)28-10-16-25-18(24)17-14-3-1-2-4-15(14)29-19(17)26-16/h12-13H,1-11H2,(H2,24,25,26). The molecule has 2 N–H and O–H groups in total. The van der Waals surface area contributed by atoms with Gasteiger partial charge in [0.15, 0.2) is 12.4 Å². The number of nitrogens with zero attached hydrogens (tertiary/aromatic N) is 2. The second kappa shape index (κ2) is 6.30. The maximum atomic E-state index is 13.2. The number of fused-ring (bicyclic) bond motifs is 3. The number of alkyl halides is 1. The molecule has 5 aliphatic carbocycles. The number of aryl methyl sites for hydroxylation is 2. The first-order valence-corrected chi connectivity index (χ1v) is 12.1. The van der Waals surface area contributed by atoms with Crippen LogP contribution in [0.3, 0.4) is 0 Å². The summed E-state index contributed by atoms with van der Waals surface area (Å²) in [7, 11) is 0. The Morgan fingerprint density at radius 3 is 2.69 bits per heavy atom. The van der Waals surface area contributed by atoms with Gasteiger partial charge in [-0.05, 0) is 81.6 Å². The van der Waals surface area contributed by atoms with Gasteiger partial charge in [-0.3, -0.25) is 4.79 Å². The van der Waals surface area contributed by atoms with Crippen LogP contribution in [-0.2, 0) is 29.0 Å². The maximum Gasteiger partial charge on any atom is 0.312 e. The number of esters is 1. The topological polar surface area (TPSA) is 78.1 Å². The summed E-state index contributed by atoms with van der Waals surface area (Å²) in [5.41, 5.74) is 7.23. The average Bonchev–Trinajstić information content (AvgIpc) is 3.03. The molecule has 0 aliphatic heterocycles. The Bertz CT molecular complexity index is 1010. The van der Waals surface area contributed by atoms with Crippen LogP contribution in [-0.4, -0.2) is 20.8 Å². The molecule has 2 atom stereocenters. The molecule has 2 aromatic rings. The first-order chi connectivity index (χ1) is 13.9. The molecule has 4 saturated carbocycles. The fourth-order valence-corrected chi connectivity index (χ4v) is 8.95. The fourth-order valence-electron chi connectivity index (χ4n) is 6.97. The van der Waals surface area contributed by atoms with Gasteiger partial charge >= 0.3 is 5.97 Å². The molecule has 29 heavy (non-hydrogen) atoms. The second-order valence-corrected chi connectivity index (χ2v) is 11.8. The number of nitrogens with two attached hydrogens (primary N) is 1. The number of carbonyl (C=O) groups is 1. The lowest BCUT2D eigenvalue weighted by Crippen LogP contribution is -2.56. The Balaban J connectivity index is 1.23. The van der Waals surface area contributed by atoms with Crippen LogP contribution in [0.15, 0.2) is 0 Å². The van der Waals surface area contributed by atoms with Gasteiger partial charge in [0.1, 0.15) is 10.6 Å². The van der Waals surface area contributed by atoms with Gasteiger partial charge in [0.05, 0.1) is 10.8 Å². The largest absolute Gasteiger partial charge is 0.457 e. The van der Waals surface area contributed by atoms with E-state index in [1.165, 1.54) is 29.7 Å². The van der Waals surface area contributed by atoms with Crippen molar-refractivity contribution in [3.8, 4) is 0 Å². The van der Waals surface area contributed by atoms with Crippen LogP contribution >= 0.6 is 22.9 Å². The van der Waals surface area contributed by atoms with Crippen molar-refractivity contribution < 1.29 is 9.53 Å². The van der Waals surface area contributed by atoms with E-state index in [1.807, 2.05) is 0 Å². The number of thiophene rings is 1. The van der Waals surface area contributed by atoms with Crippen molar-refractivity contribution in [1.82, 2.24) is 9.97 Å². The molecular weight excluding hydrogens is 406 g/mol. The summed E-state index contributed by atoms with van der Waals surface area (Å²) in [6.07, 6.45) is 10.5. The summed E-state index contributed by atoms with van der Waals surface area (Å²) in [4.78, 5) is 24.5. The number of rotatable bonds is 3. The highest BCUT2D eigenvalue weighted by molar-refractivity contribution is 7.19. The number of nitrogen functional groups attached to an aromatic ring is 1. The normalized spacial score (nSPS) is 35.1. The summed E-state index contributed by atoms with van der Waals surface area (Å²) in [5, 5.41) is 1.02. The van der Waals surface area contributed by atoms with Gasteiger partial charge in [0.25, 0.3) is 0 Å². The molecule has 4 fully saturated rings. The third kappa shape index (κ3) is 2.89. The number of hydrogen-bond donors (Lipinski definition) is 1. The summed E-state index contributed by atoms with van der Waals surface area (Å²) in [5.74, 6) is 2.07. The molecule has 0 saturated heterocycles. The zero-order valence-electron chi connectivity index (χ0n) is 16.5. The molecular formula is C22H26ClN3O2S. The molecule has 7 heteroatoms. The van der Waals surface area contributed by atoms with Crippen molar-refractivity contribution in [3.63, 3.8) is 0 Å². The zero-order valence-corrected chi connectivity index (χ0v) is 18.1. The van der Waals surface area contributed by atoms with Gasteiger partial charge in [-0.2, -0.15) is 0 Å². The SMILES string of the molecule is Nc1nc(COC(=O)C23CC4CC(CC(Cl)(C4)C2)C3)nc2sc3c(c12)CCCC3. The van der Waals surface area contributed by atoms with Crippen LogP contribution < -0.4 is 5.73 Å². The lowest BCUT2D eigenvalue weighted by Gasteiger charge is -2.58. The Kier molecular flexibility index (Phi) is 3.99. The Morgan fingerprint density at radius 2 is 1.93 bits per heavy atom. The molecule has 4 bridgehead atoms. The van der Waals surface area contributed by atoms with E-state index < -0.39 is 5.41 Å². The van der Waals surface area contributed by atoms with Gasteiger partial charge in [-0.1, -0.05) is 0 Å². The zero-order chi connectivity index (χ0) is 19.8. The number of hydrogen-bond acceptors (Lipinski definition) is 6. The number of carbonyl (C=O) groups excluding carboxylic acids is 1. The monoisotopic (exact) mass is 431 g/mol. The summed E-state index contributed by atoms with van der Waals surface area (Å²) in [6.45, 7) is 0.0912. The third-order valence-corrected chi connectivity index (χ3v) is 9.27. The molecule has 0 aromatic carbocycles. The minimum absolute atomic E-state index is 0.0912. The first kappa shape index (κ1) is 18.4. The number of halogens is 1. The van der Waals surface area contributed by atoms with Crippen molar-refractivity contribution in [2.75, 3.05) is 5.73 Å². The molecule has 5 aliphatic rings. The van der Waals surface area contributed by atoms with E-state index in [2.05, 4.69) is 4.98 Å². The average molecular weight is 432 g/mol. The minimum Gasteiger partial charge on any atom is -0.457 e. The quantitative estimate of drug-likeness (QED) is 0.559. The van der Waals surface area contributed by atoms with Crippen LogP contribution in [0.1, 0.15) is 67.6 Å². The first-order valence-electron chi connectivity index (χ1n) is 10.9. The van der Waals surface area contributed by atoms with Gasteiger partial charge in [0, 0.05) is 9.75 Å². The lowest BCUT2D eigenvalue weighted by atomic mass is 9.49. The van der Waals surface area contributed by atoms with Crippen molar-refractivity contribution in [3.05, 3.63) is 16.3 Å². The number of anilines is 1. The molecule has 0 radical (unpaired) electrons. The van der Waals surface area contributed by atoms with Gasteiger partial charge in [-0.25, -0.2) is 9.97 Å². The highest BCUT2D eigenvalue weighted by Gasteiger charge is 2.60. The van der Waals surface area contributed by atoms with Crippen molar-refractivity contribution in [1.29, 1.82) is 0 Å². The predicted molar refractivity (Wildman–Crippen MR) is 114 cm³/mol. The molecule has 2 aromatic heterocycles. The maximum absolute atomic E-state index is 13.2. The molecule has 0 amide bonds. The fraction of sp³-hybridized carbons (Fsp3) is 0.682. The molecule has 7 rings (SSSR count). The molecule has 0 spiro atoms. The second-order valence-electron chi connectivity index (χ2n) is 9.88. The van der Waals surface area contributed by atoms with Crippen LogP contribution in [0.2, 0.25) is 0 Å². The summed E-state index contributed by atoms with van der Waals surface area (Å²) >= 11 is 8.59. The van der Waals surface area contributed by atoms with Gasteiger partial charge in [-0.15, -0.1) is 22.9 Å². The van der Waals surface area contributed by atoms with Crippen LogP contribution in [0.25, 0.3) is 10.2 Å². The summed E-state index contributed by atoms with van der Waals surface area (Å²) < 4.78 is 5.79. The van der Waals surface area contributed by atoms with Crippen LogP contribution in [0.4, 0.5) is 5.82 Å². The van der Waals surface area contributed by atoms with Gasteiger partial charge in [0.2, 0.25) is 0 Å². The van der Waals surface area contributed by atoms with Gasteiger partial charge < -0.3 is 10.5 Å². The van der Waals surface area contributed by atoms with Crippen molar-refractivity contribution >= 4 is 44.9 Å². The van der Waals surface area contributed by atoms with E-state index in [-0.39, 0.29) is 17.5 Å². The molecule has 2 heterocycles. The van der Waals surface area contributed by atoms with Crippen molar-refractivity contribution in [2.24, 2.45) is 17.3 Å². The predicted octanol–water partition coefficient (Wildman–Crippen LogP) is 4.77. The van der Waals surface area contributed by atoms with E-state index >= 15 is 0 Å². The van der Waals surface area contributed by atoms with Crippen molar-refractivity contribution in [2.45, 2.75) is 75.7 Å². The lowest BCUT2D eigenvalue weighted by molar-refractivity contribution is -0.171. The Morgan fingerprint density at radius 1 is 1.17 bits per heavy atom. The van der Waals surface area contributed by atoms with E-state index in [0.717, 1.165) is 55.2 Å². The molecule has 154 valence electrons. The molecule has 5 nitrogen and oxygen atoms in total. The van der Waals surface area contributed by atoms with E-state index in [0.29, 0.717) is 23.5 Å². The van der Waals surface area contributed by atoms with Crippen LogP contribution in [0.5, 0.6) is 0 Å². The Hall–Kier alpha value is -1.40. The molecule has 2 unspecified atom stereocenters. The Labute approximate surface area is 179 Å². The highest BCUT2D eigenvalue weighted by Crippen LogP contribution is 2.64. The third-order valence-electron chi connectivity index (χ3n) is 7.64. The van der Waals surface area contributed by atoms with E-state index in [9.17, 15) is 4.79 Å². The minimum atomic E-state index is -0.399. The smallest absolute Gasteiger partial charge is 0.312 e. The summed E-state index contributed by atoms with van der Waals surface area (Å²) in [6, 6.07) is 0. The van der Waals surface area contributed by atoms with E-state index in [1.54, 1.807) is 11.3 Å². The number of aromatic nitrogens is 2. The van der Waals surface area contributed by atoms with Crippen LogP contribution in [0, 0.1) is 17.3 Å². The number of ether oxygens (including phenoxy) is 1. The highest BCUT2D eigenvalue weighted by atomic mass is 35.5. The van der Waals surface area contributed by atoms with E-state index in [4.69, 9.17) is 27.1 Å².